The van der Waals surface area contributed by atoms with Crippen LogP contribution < -0.4 is 48.8 Å². The number of anilines is 5. The Hall–Kier alpha value is -3.70. The average Bonchev–Trinajstić information content (AvgIpc) is 3.10. The molecule has 1 heterocycles. The summed E-state index contributed by atoms with van der Waals surface area (Å²) in [6.07, 6.45) is 3.29. The first-order chi connectivity index (χ1) is 22.8. The largest absolute Gasteiger partial charge is 1.00 e. The maximum atomic E-state index is 11.9. The van der Waals surface area contributed by atoms with Crippen molar-refractivity contribution in [1.82, 2.24) is 0 Å². The molecular weight excluding hydrogens is 652 g/mol. The zero-order chi connectivity index (χ0) is 33.0. The topological polar surface area (TPSA) is 82.1 Å². The standard InChI is InChI=1S/C38H36N2O5S2.Na/c1-4-7-34(47(41,42)43)24-25-39-35-8-5-6-9-37(35)46-38-26-28(12-23-36(38)39)27-10-13-29(14-11-27)40(30-15-19-32(44-2)20-16-30)31-17-21-33(45-3)22-18-31;/h4-23,26,34H,24-25H2,1-3H3,(H,41,42,43);/q;+1/p-1/b7-4+;. The van der Waals surface area contributed by atoms with Gasteiger partial charge < -0.3 is 23.8 Å². The van der Waals surface area contributed by atoms with Crippen LogP contribution in [0.15, 0.2) is 137 Å². The molecule has 1 atom stereocenters. The van der Waals surface area contributed by atoms with Crippen LogP contribution in [0.3, 0.4) is 0 Å². The van der Waals surface area contributed by atoms with E-state index < -0.39 is 15.4 Å². The first-order valence-electron chi connectivity index (χ1n) is 15.2. The Bertz CT molecular complexity index is 1940. The molecule has 5 aromatic rings. The minimum Gasteiger partial charge on any atom is -0.747 e. The summed E-state index contributed by atoms with van der Waals surface area (Å²) >= 11 is 1.69. The van der Waals surface area contributed by atoms with E-state index in [0.717, 1.165) is 60.9 Å². The smallest absolute Gasteiger partial charge is 0.747 e. The van der Waals surface area contributed by atoms with E-state index in [1.165, 1.54) is 6.08 Å². The molecular formula is C38H35N2NaO5S2. The predicted molar refractivity (Wildman–Crippen MR) is 190 cm³/mol. The summed E-state index contributed by atoms with van der Waals surface area (Å²) in [5.41, 5.74) is 7.11. The van der Waals surface area contributed by atoms with Crippen LogP contribution in [-0.2, 0) is 10.1 Å². The van der Waals surface area contributed by atoms with E-state index >= 15 is 0 Å². The maximum absolute atomic E-state index is 11.9. The fourth-order valence-corrected chi connectivity index (χ4v) is 7.65. The van der Waals surface area contributed by atoms with Gasteiger partial charge in [0, 0.05) is 33.4 Å². The molecule has 0 spiro atoms. The maximum Gasteiger partial charge on any atom is 1.00 e. The molecule has 1 aliphatic rings. The zero-order valence-corrected chi connectivity index (χ0v) is 31.0. The monoisotopic (exact) mass is 686 g/mol. The molecule has 48 heavy (non-hydrogen) atoms. The minimum atomic E-state index is -4.46. The van der Waals surface area contributed by atoms with Gasteiger partial charge in [0.2, 0.25) is 0 Å². The van der Waals surface area contributed by atoms with Crippen LogP contribution in [0, 0.1) is 0 Å². The van der Waals surface area contributed by atoms with Gasteiger partial charge >= 0.3 is 29.6 Å². The van der Waals surface area contributed by atoms with Gasteiger partial charge in [-0.3, -0.25) is 0 Å². The molecule has 240 valence electrons. The van der Waals surface area contributed by atoms with Crippen molar-refractivity contribution in [3.05, 3.63) is 127 Å². The Kier molecular flexibility index (Phi) is 11.6. The molecule has 10 heteroatoms. The number of rotatable bonds is 11. The van der Waals surface area contributed by atoms with E-state index in [9.17, 15) is 13.0 Å². The fraction of sp³-hybridized carbons (Fsp3) is 0.158. The number of benzene rings is 5. The van der Waals surface area contributed by atoms with Gasteiger partial charge in [0.25, 0.3) is 0 Å². The van der Waals surface area contributed by atoms with Gasteiger partial charge in [-0.1, -0.05) is 54.2 Å². The number of hydrogen-bond acceptors (Lipinski definition) is 8. The first-order valence-corrected chi connectivity index (χ1v) is 17.5. The Morgan fingerprint density at radius 3 is 1.81 bits per heavy atom. The number of para-hydroxylation sites is 1. The van der Waals surface area contributed by atoms with E-state index in [1.807, 2.05) is 66.7 Å². The Labute approximate surface area is 309 Å². The molecule has 0 fully saturated rings. The molecule has 6 rings (SSSR count). The van der Waals surface area contributed by atoms with Crippen molar-refractivity contribution >= 4 is 50.3 Å². The molecule has 0 N–H and O–H groups in total. The SMILES string of the molecule is C/C=C/C(CCN1c2ccccc2Sc2cc(-c3ccc(N(c4ccc(OC)cc4)c4ccc(OC)cc4)cc3)ccc21)S(=O)(=O)[O-].[Na+]. The summed E-state index contributed by atoms with van der Waals surface area (Å²) in [6, 6.07) is 38.8. The van der Waals surface area contributed by atoms with Crippen LogP contribution in [0.4, 0.5) is 28.4 Å². The second-order valence-corrected chi connectivity index (χ2v) is 13.7. The van der Waals surface area contributed by atoms with E-state index in [1.54, 1.807) is 39.0 Å². The first kappa shape index (κ1) is 35.6. The average molecular weight is 687 g/mol. The molecule has 0 saturated heterocycles. The molecule has 0 saturated carbocycles. The molecule has 0 radical (unpaired) electrons. The van der Waals surface area contributed by atoms with Gasteiger partial charge in [0.15, 0.2) is 0 Å². The van der Waals surface area contributed by atoms with Crippen LogP contribution in [-0.4, -0.2) is 39.0 Å². The Balaban J connectivity index is 0.00000451. The normalized spacial score (nSPS) is 12.9. The number of nitrogens with zero attached hydrogens (tertiary/aromatic N) is 2. The summed E-state index contributed by atoms with van der Waals surface area (Å²) in [4.78, 5) is 6.45. The molecule has 0 amide bonds. The van der Waals surface area contributed by atoms with Gasteiger partial charge in [0.05, 0.1) is 30.8 Å². The van der Waals surface area contributed by atoms with Gasteiger partial charge in [0.1, 0.15) is 21.6 Å². The third-order valence-electron chi connectivity index (χ3n) is 8.16. The number of fused-ring (bicyclic) bond motifs is 2. The van der Waals surface area contributed by atoms with E-state index in [-0.39, 0.29) is 36.0 Å². The molecule has 1 unspecified atom stereocenters. The molecule has 7 nitrogen and oxygen atoms in total. The molecule has 0 bridgehead atoms. The minimum absolute atomic E-state index is 0. The third-order valence-corrected chi connectivity index (χ3v) is 10.4. The number of hydrogen-bond donors (Lipinski definition) is 0. The molecule has 0 aromatic heterocycles. The van der Waals surface area contributed by atoms with Crippen LogP contribution in [0.1, 0.15) is 13.3 Å². The molecule has 5 aromatic carbocycles. The van der Waals surface area contributed by atoms with Gasteiger partial charge in [-0.2, -0.15) is 0 Å². The van der Waals surface area contributed by atoms with Crippen molar-refractivity contribution in [3.63, 3.8) is 0 Å². The van der Waals surface area contributed by atoms with Crippen molar-refractivity contribution in [1.29, 1.82) is 0 Å². The van der Waals surface area contributed by atoms with Crippen LogP contribution >= 0.6 is 11.8 Å². The summed E-state index contributed by atoms with van der Waals surface area (Å²) < 4.78 is 46.5. The van der Waals surface area contributed by atoms with Crippen molar-refractivity contribution in [2.45, 2.75) is 28.4 Å². The van der Waals surface area contributed by atoms with Crippen LogP contribution in [0.5, 0.6) is 11.5 Å². The zero-order valence-electron chi connectivity index (χ0n) is 27.4. The van der Waals surface area contributed by atoms with Crippen molar-refractivity contribution in [3.8, 4) is 22.6 Å². The second kappa shape index (κ2) is 15.7. The summed E-state index contributed by atoms with van der Waals surface area (Å²) in [6.45, 7) is 2.12. The van der Waals surface area contributed by atoms with Gasteiger partial charge in [-0.05, 0) is 109 Å². The Morgan fingerprint density at radius 2 is 1.27 bits per heavy atom. The summed E-state index contributed by atoms with van der Waals surface area (Å²) in [7, 11) is -1.14. The predicted octanol–water partition coefficient (Wildman–Crippen LogP) is 6.33. The van der Waals surface area contributed by atoms with E-state index in [2.05, 4.69) is 58.3 Å². The fourth-order valence-electron chi connectivity index (χ4n) is 5.77. The van der Waals surface area contributed by atoms with Crippen LogP contribution in [0.2, 0.25) is 0 Å². The third kappa shape index (κ3) is 7.78. The van der Waals surface area contributed by atoms with E-state index in [0.29, 0.717) is 6.54 Å². The van der Waals surface area contributed by atoms with Crippen molar-refractivity contribution in [2.75, 3.05) is 30.6 Å². The Morgan fingerprint density at radius 1 is 0.750 bits per heavy atom. The van der Waals surface area contributed by atoms with Crippen LogP contribution in [0.25, 0.3) is 11.1 Å². The molecule has 0 aliphatic carbocycles. The van der Waals surface area contributed by atoms with E-state index in [4.69, 9.17) is 9.47 Å². The quantitative estimate of drug-likeness (QED) is 0.0907. The van der Waals surface area contributed by atoms with Crippen molar-refractivity contribution in [2.24, 2.45) is 0 Å². The van der Waals surface area contributed by atoms with Gasteiger partial charge in [-0.25, -0.2) is 8.42 Å². The second-order valence-electron chi connectivity index (χ2n) is 11.0. The number of allylic oxidation sites excluding steroid dienone is 1. The van der Waals surface area contributed by atoms with Gasteiger partial charge in [-0.15, -0.1) is 0 Å². The molecule has 1 aliphatic heterocycles. The summed E-state index contributed by atoms with van der Waals surface area (Å²) in [5.74, 6) is 1.58. The number of methoxy groups -OCH3 is 2. The van der Waals surface area contributed by atoms with Crippen molar-refractivity contribution < 1.29 is 52.0 Å². The number of ether oxygens (including phenoxy) is 2. The summed E-state index contributed by atoms with van der Waals surface area (Å²) in [5, 5.41) is -1.08.